The van der Waals surface area contributed by atoms with Gasteiger partial charge < -0.3 is 5.32 Å². The molecule has 2 N–H and O–H groups in total. The van der Waals surface area contributed by atoms with Crippen molar-refractivity contribution in [3.05, 3.63) is 5.82 Å². The highest BCUT2D eigenvalue weighted by Gasteiger charge is 2.21. The van der Waals surface area contributed by atoms with Crippen molar-refractivity contribution in [2.75, 3.05) is 10.6 Å². The molecule has 0 radical (unpaired) electrons. The second-order valence-corrected chi connectivity index (χ2v) is 6.19. The van der Waals surface area contributed by atoms with Crippen molar-refractivity contribution < 1.29 is 9.18 Å². The first-order valence-electron chi connectivity index (χ1n) is 8.46. The Morgan fingerprint density at radius 3 is 2.43 bits per heavy atom. The summed E-state index contributed by atoms with van der Waals surface area (Å²) in [5.41, 5.74) is 0. The van der Waals surface area contributed by atoms with Gasteiger partial charge in [-0.05, 0) is 32.6 Å². The molecule has 1 amide bonds. The first kappa shape index (κ1) is 17.6. The fourth-order valence-electron chi connectivity index (χ4n) is 2.86. The Bertz CT molecular complexity index is 531. The molecule has 0 aromatic carbocycles. The van der Waals surface area contributed by atoms with Gasteiger partial charge in [-0.25, -0.2) is 4.39 Å². The van der Waals surface area contributed by atoms with Crippen molar-refractivity contribution in [2.45, 2.75) is 71.5 Å². The molecule has 2 atom stereocenters. The Hall–Kier alpha value is -1.79. The van der Waals surface area contributed by atoms with Gasteiger partial charge in [0.15, 0.2) is 12.0 Å². The minimum absolute atomic E-state index is 0.0322. The van der Waals surface area contributed by atoms with Crippen LogP contribution in [0.3, 0.4) is 0 Å². The maximum absolute atomic E-state index is 13.6. The van der Waals surface area contributed by atoms with Crippen molar-refractivity contribution in [3.63, 3.8) is 0 Å². The van der Waals surface area contributed by atoms with E-state index in [9.17, 15) is 9.18 Å². The molecule has 0 bridgehead atoms. The smallest absolute Gasteiger partial charge is 0.234 e. The van der Waals surface area contributed by atoms with Crippen LogP contribution in [0.1, 0.15) is 71.3 Å². The summed E-state index contributed by atoms with van der Waals surface area (Å²) in [7, 11) is 0. The summed E-state index contributed by atoms with van der Waals surface area (Å²) in [5, 5.41) is 5.83. The third kappa shape index (κ3) is 5.11. The average Bonchev–Trinajstić information content (AvgIpc) is 2.55. The van der Waals surface area contributed by atoms with Crippen LogP contribution in [-0.2, 0) is 4.79 Å². The molecule has 0 aliphatic heterocycles. The lowest BCUT2D eigenvalue weighted by atomic mass is 9.85. The largest absolute Gasteiger partial charge is 0.351 e. The Kier molecular flexibility index (Phi) is 6.24. The van der Waals surface area contributed by atoms with Gasteiger partial charge in [0.25, 0.3) is 0 Å². The summed E-state index contributed by atoms with van der Waals surface area (Å²) in [4.78, 5) is 23.8. The first-order valence-corrected chi connectivity index (χ1v) is 8.46. The van der Waals surface area contributed by atoms with Gasteiger partial charge >= 0.3 is 0 Å². The molecule has 1 aromatic heterocycles. The third-order valence-corrected chi connectivity index (χ3v) is 4.29. The van der Waals surface area contributed by atoms with Crippen molar-refractivity contribution in [3.8, 4) is 0 Å². The molecule has 128 valence electrons. The standard InChI is InChI=1S/C16H26FN5O/c1-4-13(23)19-16-21-14(10(2)17)20-15(22-16)18-11(3)12-8-6-5-7-9-12/h10-12H,4-9H2,1-3H3,(H2,18,19,20,21,22,23). The number of anilines is 2. The molecule has 2 rings (SSSR count). The summed E-state index contributed by atoms with van der Waals surface area (Å²) in [5.74, 6) is 0.818. The summed E-state index contributed by atoms with van der Waals surface area (Å²) in [6.45, 7) is 5.21. The number of alkyl halides is 1. The fraction of sp³-hybridized carbons (Fsp3) is 0.750. The highest BCUT2D eigenvalue weighted by atomic mass is 19.1. The van der Waals surface area contributed by atoms with Crippen LogP contribution >= 0.6 is 0 Å². The van der Waals surface area contributed by atoms with E-state index in [1.165, 1.54) is 39.0 Å². The molecule has 1 fully saturated rings. The lowest BCUT2D eigenvalue weighted by molar-refractivity contribution is -0.115. The van der Waals surface area contributed by atoms with Crippen LogP contribution in [0.5, 0.6) is 0 Å². The summed E-state index contributed by atoms with van der Waals surface area (Å²) >= 11 is 0. The predicted octanol–water partition coefficient (Wildman–Crippen LogP) is 3.63. The van der Waals surface area contributed by atoms with Gasteiger partial charge in [0.2, 0.25) is 17.8 Å². The van der Waals surface area contributed by atoms with Crippen molar-refractivity contribution in [2.24, 2.45) is 5.92 Å². The molecule has 1 aliphatic carbocycles. The molecule has 7 heteroatoms. The van der Waals surface area contributed by atoms with Crippen LogP contribution in [0.15, 0.2) is 0 Å². The first-order chi connectivity index (χ1) is 11.0. The summed E-state index contributed by atoms with van der Waals surface area (Å²) < 4.78 is 13.6. The zero-order valence-electron chi connectivity index (χ0n) is 14.1. The molecule has 2 unspecified atom stereocenters. The van der Waals surface area contributed by atoms with Crippen LogP contribution in [0, 0.1) is 5.92 Å². The Labute approximate surface area is 136 Å². The van der Waals surface area contributed by atoms with Gasteiger partial charge in [0.05, 0.1) is 0 Å². The maximum Gasteiger partial charge on any atom is 0.234 e. The molecule has 0 saturated heterocycles. The van der Waals surface area contributed by atoms with E-state index >= 15 is 0 Å². The number of nitrogens with zero attached hydrogens (tertiary/aromatic N) is 3. The molecule has 1 aliphatic rings. The molecule has 1 saturated carbocycles. The number of nitrogens with one attached hydrogen (secondary N) is 2. The number of halogens is 1. The van der Waals surface area contributed by atoms with Crippen LogP contribution in [0.4, 0.5) is 16.3 Å². The minimum atomic E-state index is -1.32. The maximum atomic E-state index is 13.6. The minimum Gasteiger partial charge on any atom is -0.351 e. The van der Waals surface area contributed by atoms with E-state index in [1.807, 2.05) is 0 Å². The molecule has 1 heterocycles. The fourth-order valence-corrected chi connectivity index (χ4v) is 2.86. The topological polar surface area (TPSA) is 79.8 Å². The van der Waals surface area contributed by atoms with E-state index in [4.69, 9.17) is 0 Å². The van der Waals surface area contributed by atoms with Gasteiger partial charge in [-0.15, -0.1) is 0 Å². The van der Waals surface area contributed by atoms with E-state index in [1.54, 1.807) is 6.92 Å². The molecule has 6 nitrogen and oxygen atoms in total. The zero-order chi connectivity index (χ0) is 16.8. The van der Waals surface area contributed by atoms with E-state index in [2.05, 4.69) is 32.5 Å². The second-order valence-electron chi connectivity index (χ2n) is 6.19. The lowest BCUT2D eigenvalue weighted by Gasteiger charge is -2.28. The predicted molar refractivity (Wildman–Crippen MR) is 87.9 cm³/mol. The number of carbonyl (C=O) groups excluding carboxylic acids is 1. The zero-order valence-corrected chi connectivity index (χ0v) is 14.1. The van der Waals surface area contributed by atoms with E-state index < -0.39 is 6.17 Å². The number of hydrogen-bond acceptors (Lipinski definition) is 5. The number of carbonyl (C=O) groups is 1. The van der Waals surface area contributed by atoms with Gasteiger partial charge in [-0.2, -0.15) is 15.0 Å². The van der Waals surface area contributed by atoms with Gasteiger partial charge in [-0.3, -0.25) is 10.1 Å². The Morgan fingerprint density at radius 1 is 1.17 bits per heavy atom. The van der Waals surface area contributed by atoms with E-state index in [-0.39, 0.29) is 23.7 Å². The average molecular weight is 323 g/mol. The molecular weight excluding hydrogens is 297 g/mol. The number of rotatable bonds is 6. The van der Waals surface area contributed by atoms with Gasteiger partial charge in [-0.1, -0.05) is 26.2 Å². The van der Waals surface area contributed by atoms with Crippen molar-refractivity contribution in [1.29, 1.82) is 0 Å². The van der Waals surface area contributed by atoms with Crippen molar-refractivity contribution in [1.82, 2.24) is 15.0 Å². The molecule has 0 spiro atoms. The van der Waals surface area contributed by atoms with E-state index in [0.717, 1.165) is 0 Å². The highest BCUT2D eigenvalue weighted by Crippen LogP contribution is 2.27. The summed E-state index contributed by atoms with van der Waals surface area (Å²) in [6.07, 6.45) is 5.16. The number of hydrogen-bond donors (Lipinski definition) is 2. The van der Waals surface area contributed by atoms with Crippen LogP contribution < -0.4 is 10.6 Å². The summed E-state index contributed by atoms with van der Waals surface area (Å²) in [6, 6.07) is 0.204. The number of aromatic nitrogens is 3. The SMILES string of the molecule is CCC(=O)Nc1nc(NC(C)C2CCCCC2)nc(C(C)F)n1. The van der Waals surface area contributed by atoms with Gasteiger partial charge in [0, 0.05) is 12.5 Å². The van der Waals surface area contributed by atoms with Crippen LogP contribution in [-0.4, -0.2) is 26.9 Å². The Morgan fingerprint density at radius 2 is 1.83 bits per heavy atom. The van der Waals surface area contributed by atoms with Crippen LogP contribution in [0.2, 0.25) is 0 Å². The number of amides is 1. The second kappa shape index (κ2) is 8.17. The lowest BCUT2D eigenvalue weighted by Crippen LogP contribution is -2.29. The molecular formula is C16H26FN5O. The monoisotopic (exact) mass is 323 g/mol. The van der Waals surface area contributed by atoms with Crippen molar-refractivity contribution >= 4 is 17.8 Å². The molecule has 23 heavy (non-hydrogen) atoms. The van der Waals surface area contributed by atoms with Crippen LogP contribution in [0.25, 0.3) is 0 Å². The van der Waals surface area contributed by atoms with Gasteiger partial charge in [0.1, 0.15) is 0 Å². The van der Waals surface area contributed by atoms with E-state index in [0.29, 0.717) is 18.3 Å². The normalized spacial score (nSPS) is 18.3. The Balaban J connectivity index is 2.13. The quantitative estimate of drug-likeness (QED) is 0.835. The highest BCUT2D eigenvalue weighted by molar-refractivity contribution is 5.88. The molecule has 1 aromatic rings. The third-order valence-electron chi connectivity index (χ3n) is 4.29.